The second-order valence-electron chi connectivity index (χ2n) is 2.21. The maximum absolute atomic E-state index is 12.7. The van der Waals surface area contributed by atoms with E-state index in [0.29, 0.717) is 0 Å². The van der Waals surface area contributed by atoms with Gasteiger partial charge in [-0.05, 0) is 0 Å². The summed E-state index contributed by atoms with van der Waals surface area (Å²) in [5.74, 6) is -0.827. The number of halogens is 1. The van der Waals surface area contributed by atoms with Crippen molar-refractivity contribution in [1.82, 2.24) is 0 Å². The SMILES string of the molecule is C=CC[Se]c1ccc(O)c(F)c1. The van der Waals surface area contributed by atoms with Crippen molar-refractivity contribution in [2.24, 2.45) is 0 Å². The average molecular weight is 231 g/mol. The molecule has 0 aliphatic carbocycles. The number of hydrogen-bond donors (Lipinski definition) is 1. The monoisotopic (exact) mass is 232 g/mol. The quantitative estimate of drug-likeness (QED) is 0.616. The molecule has 1 rings (SSSR count). The van der Waals surface area contributed by atoms with E-state index in [9.17, 15) is 4.39 Å². The molecule has 0 heterocycles. The number of phenolic OH excluding ortho intramolecular Hbond substituents is 1. The minimum absolute atomic E-state index is 0.232. The van der Waals surface area contributed by atoms with Crippen molar-refractivity contribution in [2.45, 2.75) is 5.32 Å². The molecule has 0 aliphatic rings. The van der Waals surface area contributed by atoms with Gasteiger partial charge in [-0.2, -0.15) is 0 Å². The second kappa shape index (κ2) is 4.29. The van der Waals surface area contributed by atoms with Crippen LogP contribution in [0.4, 0.5) is 4.39 Å². The summed E-state index contributed by atoms with van der Waals surface area (Å²) >= 11 is 0.232. The third-order valence-corrected chi connectivity index (χ3v) is 3.36. The number of allylic oxidation sites excluding steroid dienone is 1. The van der Waals surface area contributed by atoms with Crippen molar-refractivity contribution in [3.8, 4) is 5.75 Å². The van der Waals surface area contributed by atoms with E-state index in [0.717, 1.165) is 9.78 Å². The van der Waals surface area contributed by atoms with Crippen LogP contribution in [0.1, 0.15) is 0 Å². The minimum atomic E-state index is -0.543. The van der Waals surface area contributed by atoms with Crippen LogP contribution in [0.3, 0.4) is 0 Å². The van der Waals surface area contributed by atoms with Crippen LogP contribution in [0.25, 0.3) is 0 Å². The van der Waals surface area contributed by atoms with Crippen molar-refractivity contribution in [1.29, 1.82) is 0 Å². The van der Waals surface area contributed by atoms with Crippen LogP contribution in [-0.4, -0.2) is 20.1 Å². The van der Waals surface area contributed by atoms with Gasteiger partial charge < -0.3 is 0 Å². The Kier molecular flexibility index (Phi) is 3.32. The molecule has 1 aromatic rings. The summed E-state index contributed by atoms with van der Waals surface area (Å²) in [6.07, 6.45) is 1.81. The number of benzene rings is 1. The fourth-order valence-corrected chi connectivity index (χ4v) is 2.12. The van der Waals surface area contributed by atoms with E-state index in [4.69, 9.17) is 5.11 Å². The summed E-state index contributed by atoms with van der Waals surface area (Å²) < 4.78 is 13.7. The van der Waals surface area contributed by atoms with Crippen LogP contribution in [0.2, 0.25) is 5.32 Å². The molecule has 0 saturated heterocycles. The molecule has 3 heteroatoms. The summed E-state index contributed by atoms with van der Waals surface area (Å²) in [6, 6.07) is 4.50. The Hall–Kier alpha value is -0.791. The normalized spacial score (nSPS) is 9.75. The Labute approximate surface area is 77.1 Å². The predicted molar refractivity (Wildman–Crippen MR) is 48.5 cm³/mol. The van der Waals surface area contributed by atoms with Crippen LogP contribution in [-0.2, 0) is 0 Å². The van der Waals surface area contributed by atoms with Gasteiger partial charge in [-0.25, -0.2) is 0 Å². The number of phenols is 1. The number of rotatable bonds is 3. The van der Waals surface area contributed by atoms with E-state index in [1.54, 1.807) is 6.07 Å². The first-order valence-electron chi connectivity index (χ1n) is 3.46. The Bertz CT molecular complexity index is 286. The number of aromatic hydroxyl groups is 1. The Morgan fingerprint density at radius 3 is 2.92 bits per heavy atom. The molecule has 0 amide bonds. The zero-order valence-corrected chi connectivity index (χ0v) is 8.17. The van der Waals surface area contributed by atoms with E-state index in [1.165, 1.54) is 12.1 Å². The van der Waals surface area contributed by atoms with Crippen LogP contribution < -0.4 is 4.46 Å². The van der Waals surface area contributed by atoms with Crippen molar-refractivity contribution >= 4 is 19.4 Å². The molecule has 64 valence electrons. The van der Waals surface area contributed by atoms with E-state index >= 15 is 0 Å². The summed E-state index contributed by atoms with van der Waals surface area (Å²) in [7, 11) is 0. The molecule has 1 N–H and O–H groups in total. The van der Waals surface area contributed by atoms with Gasteiger partial charge in [0.15, 0.2) is 0 Å². The standard InChI is InChI=1S/C9H9FOSe/c1-2-5-12-7-3-4-9(11)8(10)6-7/h2-4,6,11H,1,5H2. The van der Waals surface area contributed by atoms with Crippen molar-refractivity contribution < 1.29 is 9.50 Å². The molecule has 1 aromatic carbocycles. The molecule has 0 saturated carbocycles. The summed E-state index contributed by atoms with van der Waals surface area (Å²) in [5.41, 5.74) is 0. The van der Waals surface area contributed by atoms with Gasteiger partial charge in [-0.15, -0.1) is 0 Å². The fraction of sp³-hybridized carbons (Fsp3) is 0.111. The van der Waals surface area contributed by atoms with Crippen LogP contribution in [0, 0.1) is 5.82 Å². The molecule has 0 aromatic heterocycles. The Morgan fingerprint density at radius 2 is 2.33 bits per heavy atom. The first-order valence-corrected chi connectivity index (χ1v) is 5.53. The molecule has 0 atom stereocenters. The first-order chi connectivity index (χ1) is 5.74. The summed E-state index contributed by atoms with van der Waals surface area (Å²) in [6.45, 7) is 3.59. The van der Waals surface area contributed by atoms with Gasteiger partial charge in [0.05, 0.1) is 0 Å². The Balaban J connectivity index is 2.75. The van der Waals surface area contributed by atoms with Gasteiger partial charge >= 0.3 is 76.7 Å². The molecule has 0 spiro atoms. The van der Waals surface area contributed by atoms with Gasteiger partial charge in [0.2, 0.25) is 0 Å². The number of hydrogen-bond acceptors (Lipinski definition) is 1. The Morgan fingerprint density at radius 1 is 1.58 bits per heavy atom. The zero-order chi connectivity index (χ0) is 8.97. The zero-order valence-electron chi connectivity index (χ0n) is 6.46. The van der Waals surface area contributed by atoms with E-state index in [-0.39, 0.29) is 20.7 Å². The molecule has 12 heavy (non-hydrogen) atoms. The van der Waals surface area contributed by atoms with Crippen LogP contribution >= 0.6 is 0 Å². The van der Waals surface area contributed by atoms with Crippen molar-refractivity contribution in [2.75, 3.05) is 0 Å². The second-order valence-corrected chi connectivity index (χ2v) is 4.51. The van der Waals surface area contributed by atoms with Gasteiger partial charge in [0.1, 0.15) is 0 Å². The molecule has 0 fully saturated rings. The third-order valence-electron chi connectivity index (χ3n) is 1.29. The fourth-order valence-electron chi connectivity index (χ4n) is 0.733. The predicted octanol–water partition coefficient (Wildman–Crippen LogP) is 1.47. The summed E-state index contributed by atoms with van der Waals surface area (Å²) in [5, 5.41) is 9.77. The summed E-state index contributed by atoms with van der Waals surface area (Å²) in [4.78, 5) is 0. The molecule has 0 radical (unpaired) electrons. The van der Waals surface area contributed by atoms with Crippen LogP contribution in [0.5, 0.6) is 5.75 Å². The molecule has 0 aliphatic heterocycles. The average Bonchev–Trinajstić information content (AvgIpc) is 2.07. The molecule has 0 unspecified atom stereocenters. The molecular weight excluding hydrogens is 222 g/mol. The van der Waals surface area contributed by atoms with Gasteiger partial charge in [0, 0.05) is 0 Å². The van der Waals surface area contributed by atoms with Crippen molar-refractivity contribution in [3.05, 3.63) is 36.7 Å². The van der Waals surface area contributed by atoms with Gasteiger partial charge in [-0.3, -0.25) is 0 Å². The van der Waals surface area contributed by atoms with Crippen LogP contribution in [0.15, 0.2) is 30.9 Å². The van der Waals surface area contributed by atoms with E-state index in [2.05, 4.69) is 6.58 Å². The maximum atomic E-state index is 12.7. The van der Waals surface area contributed by atoms with E-state index in [1.807, 2.05) is 6.08 Å². The molecule has 1 nitrogen and oxygen atoms in total. The van der Waals surface area contributed by atoms with Gasteiger partial charge in [0.25, 0.3) is 0 Å². The molecule has 0 bridgehead atoms. The van der Waals surface area contributed by atoms with E-state index < -0.39 is 5.82 Å². The third kappa shape index (κ3) is 2.36. The van der Waals surface area contributed by atoms with Gasteiger partial charge in [-0.1, -0.05) is 0 Å². The van der Waals surface area contributed by atoms with Crippen molar-refractivity contribution in [3.63, 3.8) is 0 Å². The first kappa shape index (κ1) is 9.30. The topological polar surface area (TPSA) is 20.2 Å². The molecular formula is C9H9FOSe.